The Bertz CT molecular complexity index is 822. The van der Waals surface area contributed by atoms with Crippen LogP contribution in [0.1, 0.15) is 21.6 Å². The van der Waals surface area contributed by atoms with Crippen LogP contribution in [0.2, 0.25) is 0 Å². The molecule has 2 heterocycles. The fourth-order valence-electron chi connectivity index (χ4n) is 2.34. The highest BCUT2D eigenvalue weighted by atomic mass is 35.5. The minimum Gasteiger partial charge on any atom is -0.454 e. The van der Waals surface area contributed by atoms with Gasteiger partial charge in [0.05, 0.1) is 0 Å². The van der Waals surface area contributed by atoms with Crippen molar-refractivity contribution in [2.24, 2.45) is 0 Å². The Morgan fingerprint density at radius 2 is 2.04 bits per heavy atom. The number of halogens is 1. The molecule has 0 unspecified atom stereocenters. The molecule has 0 atom stereocenters. The molecular formula is C16H17ClN2O4S. The van der Waals surface area contributed by atoms with Gasteiger partial charge in [0.15, 0.2) is 11.5 Å². The Labute approximate surface area is 149 Å². The van der Waals surface area contributed by atoms with Gasteiger partial charge in [-0.2, -0.15) is 0 Å². The molecule has 0 aliphatic carbocycles. The van der Waals surface area contributed by atoms with Crippen molar-refractivity contribution in [2.75, 3.05) is 13.0 Å². The molecule has 1 aromatic heterocycles. The van der Waals surface area contributed by atoms with Crippen molar-refractivity contribution in [3.05, 3.63) is 51.4 Å². The molecule has 6 nitrogen and oxygen atoms in total. The second-order valence-electron chi connectivity index (χ2n) is 5.08. The van der Waals surface area contributed by atoms with Gasteiger partial charge in [-0.1, -0.05) is 0 Å². The average Bonchev–Trinajstić information content (AvgIpc) is 3.00. The summed E-state index contributed by atoms with van der Waals surface area (Å²) in [5, 5.41) is 2.77. The van der Waals surface area contributed by atoms with E-state index in [1.165, 1.54) is 11.8 Å². The molecule has 2 N–H and O–H groups in total. The standard InChI is InChI=1S/C16H16N2O4S.ClH/c1-9-5-14(23-2)11(16(20)18-9)7-17-15(19)10-3-4-12-13(6-10)22-8-21-12;/h3-6H,7-8H2,1-2H3,(H,17,19)(H,18,20);1H. The number of ether oxygens (including phenoxy) is 2. The van der Waals surface area contributed by atoms with Gasteiger partial charge in [-0.25, -0.2) is 0 Å². The number of pyridine rings is 1. The van der Waals surface area contributed by atoms with E-state index in [1.807, 2.05) is 19.2 Å². The molecule has 0 fully saturated rings. The second kappa shape index (κ2) is 7.63. The number of H-pyrrole nitrogens is 1. The van der Waals surface area contributed by atoms with Crippen LogP contribution < -0.4 is 20.3 Å². The highest BCUT2D eigenvalue weighted by Gasteiger charge is 2.17. The third-order valence-corrected chi connectivity index (χ3v) is 4.31. The first kappa shape index (κ1) is 18.2. The highest BCUT2D eigenvalue weighted by Crippen LogP contribution is 2.32. The molecule has 2 aromatic rings. The van der Waals surface area contributed by atoms with Gasteiger partial charge in [-0.3, -0.25) is 9.59 Å². The predicted octanol–water partition coefficient (Wildman–Crippen LogP) is 2.49. The molecule has 0 saturated carbocycles. The maximum atomic E-state index is 12.3. The monoisotopic (exact) mass is 368 g/mol. The fraction of sp³-hybridized carbons (Fsp3) is 0.250. The molecule has 1 aliphatic heterocycles. The summed E-state index contributed by atoms with van der Waals surface area (Å²) in [4.78, 5) is 27.9. The summed E-state index contributed by atoms with van der Waals surface area (Å²) in [5.41, 5.74) is 1.63. The minimum absolute atomic E-state index is 0. The number of thioether (sulfide) groups is 1. The van der Waals surface area contributed by atoms with E-state index in [2.05, 4.69) is 10.3 Å². The molecule has 0 spiro atoms. The van der Waals surface area contributed by atoms with Crippen molar-refractivity contribution < 1.29 is 14.3 Å². The quantitative estimate of drug-likeness (QED) is 0.810. The third-order valence-electron chi connectivity index (χ3n) is 3.51. The van der Waals surface area contributed by atoms with Crippen molar-refractivity contribution in [1.82, 2.24) is 10.3 Å². The van der Waals surface area contributed by atoms with E-state index in [0.717, 1.165) is 10.6 Å². The maximum Gasteiger partial charge on any atom is 0.254 e. The highest BCUT2D eigenvalue weighted by molar-refractivity contribution is 7.98. The minimum atomic E-state index is -0.268. The van der Waals surface area contributed by atoms with Gasteiger partial charge < -0.3 is 19.8 Å². The van der Waals surface area contributed by atoms with Gasteiger partial charge in [-0.15, -0.1) is 24.2 Å². The number of hydrogen-bond acceptors (Lipinski definition) is 5. The van der Waals surface area contributed by atoms with Gasteiger partial charge >= 0.3 is 0 Å². The molecule has 0 radical (unpaired) electrons. The summed E-state index contributed by atoms with van der Waals surface area (Å²) >= 11 is 1.48. The first-order valence-corrected chi connectivity index (χ1v) is 8.25. The third kappa shape index (κ3) is 3.68. The van der Waals surface area contributed by atoms with Gasteiger partial charge in [0.2, 0.25) is 6.79 Å². The fourth-order valence-corrected chi connectivity index (χ4v) is 3.05. The molecule has 1 aliphatic rings. The van der Waals surface area contributed by atoms with Crippen molar-refractivity contribution in [1.29, 1.82) is 0 Å². The average molecular weight is 369 g/mol. The van der Waals surface area contributed by atoms with E-state index in [-0.39, 0.29) is 37.2 Å². The van der Waals surface area contributed by atoms with Crippen LogP contribution >= 0.6 is 24.2 Å². The van der Waals surface area contributed by atoms with Crippen LogP contribution in [0.25, 0.3) is 0 Å². The summed E-state index contributed by atoms with van der Waals surface area (Å²) in [6.07, 6.45) is 1.90. The molecule has 3 rings (SSSR count). The summed E-state index contributed by atoms with van der Waals surface area (Å²) in [5.74, 6) is 0.909. The molecule has 1 aromatic carbocycles. The lowest BCUT2D eigenvalue weighted by Gasteiger charge is -2.09. The number of aryl methyl sites for hydroxylation is 1. The summed E-state index contributed by atoms with van der Waals surface area (Å²) in [6, 6.07) is 6.89. The zero-order valence-corrected chi connectivity index (χ0v) is 14.8. The molecule has 1 amide bonds. The Hall–Kier alpha value is -2.12. The summed E-state index contributed by atoms with van der Waals surface area (Å²) in [6.45, 7) is 2.16. The lowest BCUT2D eigenvalue weighted by Crippen LogP contribution is -2.27. The number of amides is 1. The van der Waals surface area contributed by atoms with Crippen molar-refractivity contribution in [3.8, 4) is 11.5 Å². The first-order valence-electron chi connectivity index (χ1n) is 7.03. The molecule has 24 heavy (non-hydrogen) atoms. The van der Waals surface area contributed by atoms with Crippen LogP contribution in [0.4, 0.5) is 0 Å². The van der Waals surface area contributed by atoms with E-state index in [1.54, 1.807) is 18.2 Å². The number of aromatic nitrogens is 1. The van der Waals surface area contributed by atoms with E-state index in [4.69, 9.17) is 9.47 Å². The number of rotatable bonds is 4. The van der Waals surface area contributed by atoms with Gasteiger partial charge in [0.25, 0.3) is 11.5 Å². The maximum absolute atomic E-state index is 12.3. The van der Waals surface area contributed by atoms with E-state index in [0.29, 0.717) is 22.6 Å². The summed E-state index contributed by atoms with van der Waals surface area (Å²) in [7, 11) is 0. The van der Waals surface area contributed by atoms with Crippen LogP contribution in [-0.4, -0.2) is 23.9 Å². The molecule has 0 bridgehead atoms. The molecule has 128 valence electrons. The lowest BCUT2D eigenvalue weighted by atomic mass is 10.2. The molecule has 8 heteroatoms. The van der Waals surface area contributed by atoms with E-state index >= 15 is 0 Å². The Morgan fingerprint density at radius 1 is 1.29 bits per heavy atom. The van der Waals surface area contributed by atoms with Crippen LogP contribution in [0.15, 0.2) is 34.0 Å². The lowest BCUT2D eigenvalue weighted by molar-refractivity contribution is 0.0950. The van der Waals surface area contributed by atoms with Crippen molar-refractivity contribution in [2.45, 2.75) is 18.4 Å². The van der Waals surface area contributed by atoms with E-state index < -0.39 is 0 Å². The number of nitrogens with one attached hydrogen (secondary N) is 2. The zero-order chi connectivity index (χ0) is 16.4. The van der Waals surface area contributed by atoms with Crippen LogP contribution in [-0.2, 0) is 6.54 Å². The number of carbonyl (C=O) groups is 1. The molecular weight excluding hydrogens is 352 g/mol. The van der Waals surface area contributed by atoms with Crippen molar-refractivity contribution >= 4 is 30.1 Å². The predicted molar refractivity (Wildman–Crippen MR) is 94.6 cm³/mol. The van der Waals surface area contributed by atoms with Crippen LogP contribution in [0.5, 0.6) is 11.5 Å². The van der Waals surface area contributed by atoms with E-state index in [9.17, 15) is 9.59 Å². The number of fused-ring (bicyclic) bond motifs is 1. The number of aromatic amines is 1. The van der Waals surface area contributed by atoms with Crippen molar-refractivity contribution in [3.63, 3.8) is 0 Å². The Balaban J connectivity index is 0.00000208. The first-order chi connectivity index (χ1) is 11.1. The zero-order valence-electron chi connectivity index (χ0n) is 13.2. The van der Waals surface area contributed by atoms with Gasteiger partial charge in [-0.05, 0) is 37.4 Å². The largest absolute Gasteiger partial charge is 0.454 e. The number of carbonyl (C=O) groups excluding carboxylic acids is 1. The topological polar surface area (TPSA) is 80.4 Å². The van der Waals surface area contributed by atoms with Crippen LogP contribution in [0, 0.1) is 6.92 Å². The van der Waals surface area contributed by atoms with Gasteiger partial charge in [0.1, 0.15) is 0 Å². The molecule has 0 saturated heterocycles. The smallest absolute Gasteiger partial charge is 0.254 e. The number of hydrogen-bond donors (Lipinski definition) is 2. The summed E-state index contributed by atoms with van der Waals surface area (Å²) < 4.78 is 10.5. The normalized spacial score (nSPS) is 11.8. The SMILES string of the molecule is CSc1cc(C)[nH]c(=O)c1CNC(=O)c1ccc2c(c1)OCO2.Cl. The Kier molecular flexibility index (Phi) is 5.80. The second-order valence-corrected chi connectivity index (χ2v) is 5.93. The number of benzene rings is 1. The Morgan fingerprint density at radius 3 is 2.79 bits per heavy atom. The van der Waals surface area contributed by atoms with Gasteiger partial charge in [0, 0.05) is 28.3 Å². The van der Waals surface area contributed by atoms with Crippen LogP contribution in [0.3, 0.4) is 0 Å².